The second kappa shape index (κ2) is 8.61. The fourth-order valence-electron chi connectivity index (χ4n) is 3.83. The van der Waals surface area contributed by atoms with Crippen LogP contribution in [0.2, 0.25) is 0 Å². The third kappa shape index (κ3) is 4.82. The minimum atomic E-state index is -0.233. The SMILES string of the molecule is CN=C(NCc1cnn(Cc2ccccc2)c1)NC1CC(C)(C)Oc2ccccc21. The first-order valence-electron chi connectivity index (χ1n) is 10.3. The molecule has 0 aliphatic carbocycles. The summed E-state index contributed by atoms with van der Waals surface area (Å²) in [5.41, 5.74) is 3.28. The Morgan fingerprint density at radius 3 is 2.70 bits per heavy atom. The van der Waals surface area contributed by atoms with Crippen LogP contribution in [0.4, 0.5) is 0 Å². The summed E-state index contributed by atoms with van der Waals surface area (Å²) in [5, 5.41) is 11.5. The van der Waals surface area contributed by atoms with E-state index in [0.29, 0.717) is 6.54 Å². The van der Waals surface area contributed by atoms with Gasteiger partial charge in [0, 0.05) is 37.3 Å². The van der Waals surface area contributed by atoms with Gasteiger partial charge in [-0.15, -0.1) is 0 Å². The molecule has 2 aromatic carbocycles. The number of fused-ring (bicyclic) bond motifs is 1. The number of para-hydroxylation sites is 1. The van der Waals surface area contributed by atoms with Crippen LogP contribution >= 0.6 is 0 Å². The highest BCUT2D eigenvalue weighted by Gasteiger charge is 2.33. The summed E-state index contributed by atoms with van der Waals surface area (Å²) in [6.45, 7) is 5.66. The first-order valence-corrected chi connectivity index (χ1v) is 10.3. The summed E-state index contributed by atoms with van der Waals surface area (Å²) >= 11 is 0. The second-order valence-corrected chi connectivity index (χ2v) is 8.26. The van der Waals surface area contributed by atoms with Gasteiger partial charge in [-0.2, -0.15) is 5.10 Å². The highest BCUT2D eigenvalue weighted by Crippen LogP contribution is 2.39. The monoisotopic (exact) mass is 403 g/mol. The molecule has 0 saturated carbocycles. The number of aromatic nitrogens is 2. The molecule has 6 heteroatoms. The normalized spacial score (nSPS) is 17.7. The van der Waals surface area contributed by atoms with Crippen molar-refractivity contribution in [2.24, 2.45) is 4.99 Å². The molecule has 4 rings (SSSR count). The second-order valence-electron chi connectivity index (χ2n) is 8.26. The third-order valence-electron chi connectivity index (χ3n) is 5.25. The standard InChI is InChI=1S/C24H29N5O/c1-24(2)13-21(20-11-7-8-12-22(20)30-24)28-23(25-3)26-14-19-15-27-29(17-19)16-18-9-5-4-6-10-18/h4-12,15,17,21H,13-14,16H2,1-3H3,(H2,25,26,28). The largest absolute Gasteiger partial charge is 0.487 e. The molecule has 2 heterocycles. The van der Waals surface area contributed by atoms with Crippen molar-refractivity contribution in [1.29, 1.82) is 0 Å². The van der Waals surface area contributed by atoms with Crippen LogP contribution in [-0.4, -0.2) is 28.4 Å². The van der Waals surface area contributed by atoms with E-state index in [1.54, 1.807) is 7.05 Å². The number of guanidine groups is 1. The maximum Gasteiger partial charge on any atom is 0.191 e. The van der Waals surface area contributed by atoms with Crippen LogP contribution in [0.5, 0.6) is 5.75 Å². The average molecular weight is 404 g/mol. The maximum atomic E-state index is 6.13. The summed E-state index contributed by atoms with van der Waals surface area (Å²) < 4.78 is 8.09. The van der Waals surface area contributed by atoms with Gasteiger partial charge in [0.25, 0.3) is 0 Å². The number of rotatable bonds is 5. The highest BCUT2D eigenvalue weighted by atomic mass is 16.5. The molecule has 1 atom stereocenters. The van der Waals surface area contributed by atoms with Crippen LogP contribution in [-0.2, 0) is 13.1 Å². The van der Waals surface area contributed by atoms with E-state index < -0.39 is 0 Å². The summed E-state index contributed by atoms with van der Waals surface area (Å²) in [7, 11) is 1.80. The molecule has 6 nitrogen and oxygen atoms in total. The van der Waals surface area contributed by atoms with E-state index in [1.165, 1.54) is 5.56 Å². The van der Waals surface area contributed by atoms with Gasteiger partial charge in [0.1, 0.15) is 11.4 Å². The molecule has 1 aliphatic rings. The number of benzene rings is 2. The lowest BCUT2D eigenvalue weighted by atomic mass is 9.90. The maximum absolute atomic E-state index is 6.13. The molecule has 156 valence electrons. The van der Waals surface area contributed by atoms with Gasteiger partial charge in [-0.3, -0.25) is 9.67 Å². The Morgan fingerprint density at radius 1 is 1.13 bits per heavy atom. The van der Waals surface area contributed by atoms with E-state index in [0.717, 1.165) is 35.8 Å². The van der Waals surface area contributed by atoms with Crippen molar-refractivity contribution >= 4 is 5.96 Å². The minimum absolute atomic E-state index is 0.136. The molecular formula is C24H29N5O. The summed E-state index contributed by atoms with van der Waals surface area (Å²) in [6, 6.07) is 18.7. The van der Waals surface area contributed by atoms with Crippen molar-refractivity contribution < 1.29 is 4.74 Å². The number of hydrogen-bond donors (Lipinski definition) is 2. The van der Waals surface area contributed by atoms with Crippen LogP contribution in [0.3, 0.4) is 0 Å². The summed E-state index contributed by atoms with van der Waals surface area (Å²) in [4.78, 5) is 4.42. The molecule has 0 spiro atoms. The molecule has 0 radical (unpaired) electrons. The van der Waals surface area contributed by atoms with Gasteiger partial charge in [-0.1, -0.05) is 48.5 Å². The highest BCUT2D eigenvalue weighted by molar-refractivity contribution is 5.80. The van der Waals surface area contributed by atoms with E-state index in [9.17, 15) is 0 Å². The number of hydrogen-bond acceptors (Lipinski definition) is 3. The zero-order valence-corrected chi connectivity index (χ0v) is 17.8. The van der Waals surface area contributed by atoms with Crippen LogP contribution in [0.15, 0.2) is 72.0 Å². The van der Waals surface area contributed by atoms with Crippen molar-refractivity contribution in [3.8, 4) is 5.75 Å². The van der Waals surface area contributed by atoms with Crippen molar-refractivity contribution in [2.75, 3.05) is 7.05 Å². The quantitative estimate of drug-likeness (QED) is 0.501. The molecular weight excluding hydrogens is 374 g/mol. The molecule has 0 amide bonds. The van der Waals surface area contributed by atoms with Gasteiger partial charge < -0.3 is 15.4 Å². The first-order chi connectivity index (χ1) is 14.5. The Labute approximate surface area is 178 Å². The summed E-state index contributed by atoms with van der Waals surface area (Å²) in [5.74, 6) is 1.70. The zero-order valence-electron chi connectivity index (χ0n) is 17.8. The van der Waals surface area contributed by atoms with Gasteiger partial charge in [-0.25, -0.2) is 0 Å². The Morgan fingerprint density at radius 2 is 1.90 bits per heavy atom. The number of nitrogens with zero attached hydrogens (tertiary/aromatic N) is 3. The smallest absolute Gasteiger partial charge is 0.191 e. The van der Waals surface area contributed by atoms with Gasteiger partial charge in [-0.05, 0) is 25.5 Å². The van der Waals surface area contributed by atoms with Gasteiger partial charge >= 0.3 is 0 Å². The number of ether oxygens (including phenoxy) is 1. The molecule has 1 aromatic heterocycles. The Bertz CT molecular complexity index is 1010. The van der Waals surface area contributed by atoms with Crippen LogP contribution < -0.4 is 15.4 Å². The van der Waals surface area contributed by atoms with E-state index in [4.69, 9.17) is 4.74 Å². The fourth-order valence-corrected chi connectivity index (χ4v) is 3.83. The molecule has 2 N–H and O–H groups in total. The fraction of sp³-hybridized carbons (Fsp3) is 0.333. The van der Waals surface area contributed by atoms with E-state index >= 15 is 0 Å². The average Bonchev–Trinajstić information content (AvgIpc) is 3.18. The van der Waals surface area contributed by atoms with Gasteiger partial charge in [0.2, 0.25) is 0 Å². The first kappa shape index (κ1) is 20.0. The van der Waals surface area contributed by atoms with Crippen LogP contribution in [0.25, 0.3) is 0 Å². The Hall–Kier alpha value is -3.28. The Kier molecular flexibility index (Phi) is 5.74. The lowest BCUT2D eigenvalue weighted by Gasteiger charge is -2.38. The van der Waals surface area contributed by atoms with Crippen LogP contribution in [0, 0.1) is 0 Å². The lowest BCUT2D eigenvalue weighted by molar-refractivity contribution is 0.0694. The van der Waals surface area contributed by atoms with E-state index in [2.05, 4.69) is 59.0 Å². The molecule has 1 aliphatic heterocycles. The predicted molar refractivity (Wildman–Crippen MR) is 120 cm³/mol. The minimum Gasteiger partial charge on any atom is -0.487 e. The van der Waals surface area contributed by atoms with E-state index in [1.807, 2.05) is 47.3 Å². The lowest BCUT2D eigenvalue weighted by Crippen LogP contribution is -2.45. The van der Waals surface area contributed by atoms with Crippen molar-refractivity contribution in [1.82, 2.24) is 20.4 Å². The molecule has 1 unspecified atom stereocenters. The van der Waals surface area contributed by atoms with Gasteiger partial charge in [0.05, 0.1) is 18.8 Å². The van der Waals surface area contributed by atoms with Crippen LogP contribution in [0.1, 0.15) is 43.0 Å². The molecule has 30 heavy (non-hydrogen) atoms. The molecule has 0 bridgehead atoms. The summed E-state index contributed by atoms with van der Waals surface area (Å²) in [6.07, 6.45) is 4.83. The Balaban J connectivity index is 1.38. The molecule has 3 aromatic rings. The topological polar surface area (TPSA) is 63.5 Å². The molecule has 0 fully saturated rings. The third-order valence-corrected chi connectivity index (χ3v) is 5.25. The van der Waals surface area contributed by atoms with Crippen molar-refractivity contribution in [2.45, 2.75) is 45.0 Å². The number of aliphatic imine (C=N–C) groups is 1. The van der Waals surface area contributed by atoms with Gasteiger partial charge in [0.15, 0.2) is 5.96 Å². The van der Waals surface area contributed by atoms with Crippen molar-refractivity contribution in [3.63, 3.8) is 0 Å². The van der Waals surface area contributed by atoms with E-state index in [-0.39, 0.29) is 11.6 Å². The molecule has 0 saturated heterocycles. The number of nitrogens with one attached hydrogen (secondary N) is 2. The van der Waals surface area contributed by atoms with Crippen molar-refractivity contribution in [3.05, 3.63) is 83.7 Å². The zero-order chi connectivity index (χ0) is 21.0. The predicted octanol–water partition coefficient (Wildman–Crippen LogP) is 3.90.